The van der Waals surface area contributed by atoms with Crippen LogP contribution in [0.4, 0.5) is 8.78 Å². The van der Waals surface area contributed by atoms with Gasteiger partial charge in [-0.25, -0.2) is 13.8 Å². The fourth-order valence-electron chi connectivity index (χ4n) is 2.54. The highest BCUT2D eigenvalue weighted by Crippen LogP contribution is 2.29. The van der Waals surface area contributed by atoms with Crippen molar-refractivity contribution < 1.29 is 13.6 Å². The number of halogens is 2. The minimum Gasteiger partial charge on any atom is -0.349 e. The molecule has 0 aliphatic heterocycles. The molecule has 1 aromatic carbocycles. The van der Waals surface area contributed by atoms with E-state index in [1.807, 2.05) is 17.5 Å². The molecule has 4 nitrogen and oxygen atoms in total. The van der Waals surface area contributed by atoms with Crippen LogP contribution in [0.1, 0.15) is 21.3 Å². The quantitative estimate of drug-likeness (QED) is 0.683. The molecule has 2 aromatic heterocycles. The molecule has 8 heteroatoms. The Morgan fingerprint density at radius 2 is 1.96 bits per heavy atom. The number of nitrogens with one attached hydrogen (secondary N) is 1. The maximum Gasteiger partial charge on any atom is 0.263 e. The summed E-state index contributed by atoms with van der Waals surface area (Å²) in [5.41, 5.74) is -0.0543. The lowest BCUT2D eigenvalue weighted by molar-refractivity contribution is 0.0944. The zero-order chi connectivity index (χ0) is 18.7. The summed E-state index contributed by atoms with van der Waals surface area (Å²) in [5, 5.41) is 5.47. The van der Waals surface area contributed by atoms with E-state index in [0.29, 0.717) is 4.88 Å². The van der Waals surface area contributed by atoms with E-state index in [1.54, 1.807) is 30.3 Å². The molecule has 1 unspecified atom stereocenters. The first kappa shape index (κ1) is 18.6. The van der Waals surface area contributed by atoms with E-state index >= 15 is 0 Å². The average Bonchev–Trinajstić information content (AvgIpc) is 3.27. The van der Waals surface area contributed by atoms with Gasteiger partial charge in [-0.1, -0.05) is 12.1 Å². The van der Waals surface area contributed by atoms with Gasteiger partial charge < -0.3 is 10.2 Å². The smallest absolute Gasteiger partial charge is 0.263 e. The van der Waals surface area contributed by atoms with Crippen LogP contribution in [0.3, 0.4) is 0 Å². The third-order valence-electron chi connectivity index (χ3n) is 3.87. The zero-order valence-corrected chi connectivity index (χ0v) is 15.8. The zero-order valence-electron chi connectivity index (χ0n) is 14.2. The van der Waals surface area contributed by atoms with Gasteiger partial charge in [-0.15, -0.1) is 22.7 Å². The van der Waals surface area contributed by atoms with E-state index in [0.717, 1.165) is 9.88 Å². The number of carbonyl (C=O) groups is 1. The molecule has 136 valence electrons. The summed E-state index contributed by atoms with van der Waals surface area (Å²) >= 11 is 2.84. The number of nitrogens with zero attached hydrogens (tertiary/aromatic N) is 2. The maximum atomic E-state index is 14.1. The van der Waals surface area contributed by atoms with Gasteiger partial charge in [-0.2, -0.15) is 0 Å². The van der Waals surface area contributed by atoms with Gasteiger partial charge in [0, 0.05) is 12.1 Å². The summed E-state index contributed by atoms with van der Waals surface area (Å²) in [4.78, 5) is 19.8. The summed E-state index contributed by atoms with van der Waals surface area (Å²) in [6.45, 7) is 0.0793. The van der Waals surface area contributed by atoms with Crippen LogP contribution in [0, 0.1) is 11.6 Å². The van der Waals surface area contributed by atoms with Crippen LogP contribution in [0.5, 0.6) is 0 Å². The van der Waals surface area contributed by atoms with Crippen molar-refractivity contribution >= 4 is 28.6 Å². The normalized spacial score (nSPS) is 12.3. The van der Waals surface area contributed by atoms with Crippen molar-refractivity contribution in [2.24, 2.45) is 0 Å². The van der Waals surface area contributed by atoms with Crippen molar-refractivity contribution in [3.63, 3.8) is 0 Å². The Hall–Kier alpha value is -2.16. The van der Waals surface area contributed by atoms with E-state index in [2.05, 4.69) is 10.3 Å². The molecule has 0 aliphatic rings. The van der Waals surface area contributed by atoms with Crippen LogP contribution in [-0.4, -0.2) is 36.4 Å². The van der Waals surface area contributed by atoms with Gasteiger partial charge in [0.1, 0.15) is 21.5 Å². The SMILES string of the molecule is CN(C)C(CNC(=O)c1cnc(-c2cccs2)s1)c1c(F)cccc1F. The molecule has 3 rings (SSSR count). The molecule has 0 radical (unpaired) electrons. The molecule has 0 spiro atoms. The number of amides is 1. The minimum atomic E-state index is -0.629. The fraction of sp³-hybridized carbons (Fsp3) is 0.222. The molecule has 0 fully saturated rings. The maximum absolute atomic E-state index is 14.1. The molecule has 26 heavy (non-hydrogen) atoms. The molecule has 0 saturated carbocycles. The Kier molecular flexibility index (Phi) is 5.75. The predicted molar refractivity (Wildman–Crippen MR) is 101 cm³/mol. The van der Waals surface area contributed by atoms with E-state index in [4.69, 9.17) is 0 Å². The number of thiazole rings is 1. The highest BCUT2D eigenvalue weighted by atomic mass is 32.1. The third kappa shape index (κ3) is 3.98. The van der Waals surface area contributed by atoms with Crippen LogP contribution in [0.2, 0.25) is 0 Å². The van der Waals surface area contributed by atoms with E-state index in [-0.39, 0.29) is 18.0 Å². The molecular weight excluding hydrogens is 376 g/mol. The van der Waals surface area contributed by atoms with Gasteiger partial charge in [-0.3, -0.25) is 4.79 Å². The number of benzene rings is 1. The molecule has 1 atom stereocenters. The van der Waals surface area contributed by atoms with E-state index < -0.39 is 17.7 Å². The Morgan fingerprint density at radius 3 is 2.58 bits per heavy atom. The van der Waals surface area contributed by atoms with Crippen LogP contribution in [0.15, 0.2) is 41.9 Å². The van der Waals surface area contributed by atoms with Crippen LogP contribution in [0.25, 0.3) is 9.88 Å². The number of thiophene rings is 1. The fourth-order valence-corrected chi connectivity index (χ4v) is 4.18. The highest BCUT2D eigenvalue weighted by Gasteiger charge is 2.23. The van der Waals surface area contributed by atoms with E-state index in [9.17, 15) is 13.6 Å². The predicted octanol–water partition coefficient (Wildman–Crippen LogP) is 4.18. The molecule has 1 amide bonds. The largest absolute Gasteiger partial charge is 0.349 e. The Balaban J connectivity index is 1.73. The average molecular weight is 393 g/mol. The second-order valence-corrected chi connectivity index (χ2v) is 7.81. The molecule has 0 aliphatic carbocycles. The Morgan fingerprint density at radius 1 is 1.23 bits per heavy atom. The molecule has 3 aromatic rings. The number of likely N-dealkylation sites (N-methyl/N-ethyl adjacent to an activating group) is 1. The number of rotatable bonds is 6. The summed E-state index contributed by atoms with van der Waals surface area (Å²) in [6, 6.07) is 6.99. The van der Waals surface area contributed by atoms with Crippen LogP contribution < -0.4 is 5.32 Å². The molecule has 0 bridgehead atoms. The van der Waals surface area contributed by atoms with Crippen molar-refractivity contribution in [2.75, 3.05) is 20.6 Å². The second kappa shape index (κ2) is 8.03. The van der Waals surface area contributed by atoms with E-state index in [1.165, 1.54) is 35.7 Å². The first-order chi connectivity index (χ1) is 12.5. The summed E-state index contributed by atoms with van der Waals surface area (Å²) in [5.74, 6) is -1.57. The lowest BCUT2D eigenvalue weighted by Gasteiger charge is -2.25. The Labute approximate surface area is 158 Å². The minimum absolute atomic E-state index is 0.0543. The molecule has 0 saturated heterocycles. The number of aromatic nitrogens is 1. The summed E-state index contributed by atoms with van der Waals surface area (Å²) in [6.07, 6.45) is 1.52. The first-order valence-electron chi connectivity index (χ1n) is 7.85. The number of carbonyl (C=O) groups excluding carboxylic acids is 1. The van der Waals surface area contributed by atoms with Crippen molar-refractivity contribution in [3.05, 3.63) is 64.0 Å². The first-order valence-corrected chi connectivity index (χ1v) is 9.55. The molecule has 2 heterocycles. The number of hydrogen-bond donors (Lipinski definition) is 1. The lowest BCUT2D eigenvalue weighted by Crippen LogP contribution is -2.35. The van der Waals surface area contributed by atoms with Gasteiger partial charge >= 0.3 is 0 Å². The van der Waals surface area contributed by atoms with Gasteiger partial charge in [0.2, 0.25) is 0 Å². The third-order valence-corrected chi connectivity index (χ3v) is 5.91. The standard InChI is InChI=1S/C18H17F2N3OS2/c1-23(2)13(16-11(19)5-3-6-12(16)20)9-21-17(24)15-10-22-18(26-15)14-7-4-8-25-14/h3-8,10,13H,9H2,1-2H3,(H,21,24). The topological polar surface area (TPSA) is 45.2 Å². The van der Waals surface area contributed by atoms with Crippen LogP contribution >= 0.6 is 22.7 Å². The van der Waals surface area contributed by atoms with Gasteiger partial charge in [-0.05, 0) is 37.7 Å². The second-order valence-electron chi connectivity index (χ2n) is 5.83. The van der Waals surface area contributed by atoms with Gasteiger partial charge in [0.05, 0.1) is 17.1 Å². The lowest BCUT2D eigenvalue weighted by atomic mass is 10.0. The summed E-state index contributed by atoms with van der Waals surface area (Å²) < 4.78 is 28.2. The van der Waals surface area contributed by atoms with Crippen molar-refractivity contribution in [1.29, 1.82) is 0 Å². The van der Waals surface area contributed by atoms with Crippen LogP contribution in [-0.2, 0) is 0 Å². The number of hydrogen-bond acceptors (Lipinski definition) is 5. The van der Waals surface area contributed by atoms with Crippen molar-refractivity contribution in [1.82, 2.24) is 15.2 Å². The van der Waals surface area contributed by atoms with Crippen molar-refractivity contribution in [3.8, 4) is 9.88 Å². The summed E-state index contributed by atoms with van der Waals surface area (Å²) in [7, 11) is 3.43. The van der Waals surface area contributed by atoms with Gasteiger partial charge in [0.15, 0.2) is 0 Å². The molecule has 1 N–H and O–H groups in total. The molecular formula is C18H17F2N3OS2. The monoisotopic (exact) mass is 393 g/mol. The van der Waals surface area contributed by atoms with Crippen molar-refractivity contribution in [2.45, 2.75) is 6.04 Å². The Bertz CT molecular complexity index is 873. The van der Waals surface area contributed by atoms with Gasteiger partial charge in [0.25, 0.3) is 5.91 Å². The highest BCUT2D eigenvalue weighted by molar-refractivity contribution is 7.21.